The molecule has 0 N–H and O–H groups in total. The van der Waals surface area contributed by atoms with E-state index in [0.29, 0.717) is 13.0 Å². The summed E-state index contributed by atoms with van der Waals surface area (Å²) in [6.45, 7) is 6.55. The normalized spacial score (nSPS) is 23.4. The molecule has 17 heavy (non-hydrogen) atoms. The molecule has 1 aliphatic carbocycles. The molecule has 2 atom stereocenters. The van der Waals surface area contributed by atoms with Gasteiger partial charge in [0, 0.05) is 13.0 Å². The van der Waals surface area contributed by atoms with Crippen LogP contribution < -0.4 is 4.74 Å². The zero-order valence-electron chi connectivity index (χ0n) is 10.5. The van der Waals surface area contributed by atoms with Crippen molar-refractivity contribution in [2.75, 3.05) is 6.61 Å². The van der Waals surface area contributed by atoms with Crippen molar-refractivity contribution in [1.29, 1.82) is 0 Å². The van der Waals surface area contributed by atoms with Crippen LogP contribution in [0.3, 0.4) is 0 Å². The molecule has 0 aliphatic heterocycles. The smallest absolute Gasteiger partial charge is 0.169 e. The highest BCUT2D eigenvalue weighted by atomic mass is 16.5. The van der Waals surface area contributed by atoms with Gasteiger partial charge < -0.3 is 9.47 Å². The van der Waals surface area contributed by atoms with Crippen LogP contribution in [0, 0.1) is 13.8 Å². The lowest BCUT2D eigenvalue weighted by Crippen LogP contribution is -2.52. The van der Waals surface area contributed by atoms with Gasteiger partial charge in [-0.25, -0.2) is 0 Å². The van der Waals surface area contributed by atoms with Crippen molar-refractivity contribution in [1.82, 2.24) is 0 Å². The number of carbonyl (C=O) groups excluding carboxylic acids is 1. The molecule has 1 aromatic carbocycles. The molecule has 0 amide bonds. The van der Waals surface area contributed by atoms with Gasteiger partial charge in [-0.1, -0.05) is 6.07 Å². The monoisotopic (exact) mass is 234 g/mol. The molecule has 1 aliphatic rings. The highest BCUT2D eigenvalue weighted by Gasteiger charge is 2.42. The third kappa shape index (κ3) is 2.50. The van der Waals surface area contributed by atoms with Crippen LogP contribution >= 0.6 is 0 Å². The predicted octanol–water partition coefficient (Wildman–Crippen LogP) is 2.43. The first-order valence-electron chi connectivity index (χ1n) is 6.00. The third-order valence-corrected chi connectivity index (χ3v) is 3.17. The van der Waals surface area contributed by atoms with Crippen molar-refractivity contribution in [3.05, 3.63) is 29.3 Å². The summed E-state index contributed by atoms with van der Waals surface area (Å²) in [6.07, 6.45) is -0.0383. The third-order valence-electron chi connectivity index (χ3n) is 3.17. The summed E-state index contributed by atoms with van der Waals surface area (Å²) in [5.74, 6) is 0.955. The van der Waals surface area contributed by atoms with Crippen molar-refractivity contribution in [3.63, 3.8) is 0 Å². The van der Waals surface area contributed by atoms with E-state index in [1.165, 1.54) is 11.1 Å². The Morgan fingerprint density at radius 1 is 1.29 bits per heavy atom. The minimum Gasteiger partial charge on any atom is -0.487 e. The van der Waals surface area contributed by atoms with Crippen LogP contribution in [0.5, 0.6) is 5.75 Å². The lowest BCUT2D eigenvalue weighted by Gasteiger charge is -2.34. The second-order valence-corrected chi connectivity index (χ2v) is 4.45. The van der Waals surface area contributed by atoms with Gasteiger partial charge in [0.05, 0.1) is 0 Å². The SMILES string of the molecule is CCOC1C(=O)CC1Oc1ccc(C)c(C)c1. The fraction of sp³-hybridized carbons (Fsp3) is 0.500. The molecule has 0 aromatic heterocycles. The summed E-state index contributed by atoms with van der Waals surface area (Å²) in [6, 6.07) is 5.97. The van der Waals surface area contributed by atoms with E-state index in [-0.39, 0.29) is 18.0 Å². The van der Waals surface area contributed by atoms with Gasteiger partial charge >= 0.3 is 0 Å². The average Bonchev–Trinajstić information content (AvgIpc) is 2.30. The number of benzene rings is 1. The Kier molecular flexibility index (Phi) is 3.48. The number of carbonyl (C=O) groups is 1. The maximum atomic E-state index is 11.3. The van der Waals surface area contributed by atoms with E-state index in [4.69, 9.17) is 9.47 Å². The van der Waals surface area contributed by atoms with Gasteiger partial charge in [-0.2, -0.15) is 0 Å². The first-order chi connectivity index (χ1) is 8.11. The molecule has 0 radical (unpaired) electrons. The van der Waals surface area contributed by atoms with Gasteiger partial charge in [0.25, 0.3) is 0 Å². The van der Waals surface area contributed by atoms with Crippen molar-refractivity contribution in [2.24, 2.45) is 0 Å². The molecular weight excluding hydrogens is 216 g/mol. The van der Waals surface area contributed by atoms with Crippen molar-refractivity contribution >= 4 is 5.78 Å². The van der Waals surface area contributed by atoms with Crippen molar-refractivity contribution in [2.45, 2.75) is 39.4 Å². The fourth-order valence-electron chi connectivity index (χ4n) is 1.91. The van der Waals surface area contributed by atoms with Crippen LogP contribution in [-0.2, 0) is 9.53 Å². The quantitative estimate of drug-likeness (QED) is 0.802. The molecule has 3 heteroatoms. The minimum absolute atomic E-state index is 0.121. The topological polar surface area (TPSA) is 35.5 Å². The van der Waals surface area contributed by atoms with Crippen molar-refractivity contribution in [3.8, 4) is 5.75 Å². The first-order valence-corrected chi connectivity index (χ1v) is 6.00. The highest BCUT2D eigenvalue weighted by Crippen LogP contribution is 2.26. The maximum Gasteiger partial charge on any atom is 0.169 e. The Morgan fingerprint density at radius 3 is 2.65 bits per heavy atom. The van der Waals surface area contributed by atoms with E-state index in [0.717, 1.165) is 5.75 Å². The Labute approximate surface area is 102 Å². The van der Waals surface area contributed by atoms with Crippen LogP contribution in [0.15, 0.2) is 18.2 Å². The molecule has 1 aromatic rings. The molecule has 0 heterocycles. The van der Waals surface area contributed by atoms with E-state index < -0.39 is 0 Å². The summed E-state index contributed by atoms with van der Waals surface area (Å²) < 4.78 is 11.1. The molecule has 1 saturated carbocycles. The molecule has 92 valence electrons. The molecule has 0 bridgehead atoms. The van der Waals surface area contributed by atoms with E-state index in [2.05, 4.69) is 6.92 Å². The summed E-state index contributed by atoms with van der Waals surface area (Å²) >= 11 is 0. The molecule has 1 fully saturated rings. The zero-order chi connectivity index (χ0) is 12.4. The van der Waals surface area contributed by atoms with E-state index in [1.807, 2.05) is 32.0 Å². The molecule has 0 saturated heterocycles. The van der Waals surface area contributed by atoms with Gasteiger partial charge in [0.15, 0.2) is 11.9 Å². The van der Waals surface area contributed by atoms with Gasteiger partial charge in [-0.3, -0.25) is 4.79 Å². The van der Waals surface area contributed by atoms with Crippen molar-refractivity contribution < 1.29 is 14.3 Å². The second kappa shape index (κ2) is 4.88. The lowest BCUT2D eigenvalue weighted by molar-refractivity contribution is -0.154. The number of hydrogen-bond acceptors (Lipinski definition) is 3. The number of aryl methyl sites for hydroxylation is 2. The largest absolute Gasteiger partial charge is 0.487 e. The Balaban J connectivity index is 2.01. The maximum absolute atomic E-state index is 11.3. The summed E-state index contributed by atoms with van der Waals surface area (Å²) in [5, 5.41) is 0. The summed E-state index contributed by atoms with van der Waals surface area (Å²) in [7, 11) is 0. The molecule has 0 spiro atoms. The summed E-state index contributed by atoms with van der Waals surface area (Å²) in [5.41, 5.74) is 2.43. The van der Waals surface area contributed by atoms with Gasteiger partial charge in [-0.15, -0.1) is 0 Å². The fourth-order valence-corrected chi connectivity index (χ4v) is 1.91. The van der Waals surface area contributed by atoms with Crippen LogP contribution in [0.2, 0.25) is 0 Å². The molecule has 2 rings (SSSR count). The molecule has 3 nitrogen and oxygen atoms in total. The predicted molar refractivity (Wildman–Crippen MR) is 65.4 cm³/mol. The number of ketones is 1. The van der Waals surface area contributed by atoms with Gasteiger partial charge in [0.1, 0.15) is 11.9 Å². The van der Waals surface area contributed by atoms with Gasteiger partial charge in [0.2, 0.25) is 0 Å². The number of rotatable bonds is 4. The summed E-state index contributed by atoms with van der Waals surface area (Å²) in [4.78, 5) is 11.3. The minimum atomic E-state index is -0.374. The Bertz CT molecular complexity index is 425. The first kappa shape index (κ1) is 12.1. The standard InChI is InChI=1S/C14H18O3/c1-4-16-14-12(15)8-13(14)17-11-6-5-9(2)10(3)7-11/h5-7,13-14H,4,8H2,1-3H3. The van der Waals surface area contributed by atoms with E-state index >= 15 is 0 Å². The molecule has 2 unspecified atom stereocenters. The molecular formula is C14H18O3. The van der Waals surface area contributed by atoms with Gasteiger partial charge in [-0.05, 0) is 44.0 Å². The zero-order valence-corrected chi connectivity index (χ0v) is 10.5. The van der Waals surface area contributed by atoms with E-state index in [9.17, 15) is 4.79 Å². The second-order valence-electron chi connectivity index (χ2n) is 4.45. The Morgan fingerprint density at radius 2 is 2.06 bits per heavy atom. The number of Topliss-reactive ketones (excluding diaryl/α,β-unsaturated/α-hetero) is 1. The van der Waals surface area contributed by atoms with E-state index in [1.54, 1.807) is 0 Å². The highest BCUT2D eigenvalue weighted by molar-refractivity contribution is 5.90. The van der Waals surface area contributed by atoms with Crippen LogP contribution in [0.25, 0.3) is 0 Å². The number of ether oxygens (including phenoxy) is 2. The average molecular weight is 234 g/mol. The lowest BCUT2D eigenvalue weighted by atomic mass is 9.90. The van der Waals surface area contributed by atoms with Crippen LogP contribution in [0.1, 0.15) is 24.5 Å². The van der Waals surface area contributed by atoms with Crippen LogP contribution in [-0.4, -0.2) is 24.6 Å². The number of hydrogen-bond donors (Lipinski definition) is 0. The Hall–Kier alpha value is -1.35. The van der Waals surface area contributed by atoms with Crippen LogP contribution in [0.4, 0.5) is 0 Å².